The van der Waals surface area contributed by atoms with Crippen molar-refractivity contribution >= 4 is 27.5 Å². The van der Waals surface area contributed by atoms with E-state index in [1.165, 1.54) is 4.31 Å². The predicted molar refractivity (Wildman–Crippen MR) is 121 cm³/mol. The van der Waals surface area contributed by atoms with Gasteiger partial charge in [0.2, 0.25) is 15.9 Å². The van der Waals surface area contributed by atoms with E-state index in [9.17, 15) is 13.2 Å². The van der Waals surface area contributed by atoms with Crippen molar-refractivity contribution in [1.29, 1.82) is 0 Å². The van der Waals surface area contributed by atoms with Crippen molar-refractivity contribution < 1.29 is 17.7 Å². The van der Waals surface area contributed by atoms with Crippen molar-refractivity contribution in [2.45, 2.75) is 38.1 Å². The summed E-state index contributed by atoms with van der Waals surface area (Å²) >= 11 is 6.08. The number of aromatic nitrogens is 1. The van der Waals surface area contributed by atoms with Crippen LogP contribution in [0.25, 0.3) is 0 Å². The summed E-state index contributed by atoms with van der Waals surface area (Å²) in [5.74, 6) is 0.0105. The number of piperazine rings is 1. The molecule has 4 rings (SSSR count). The molecule has 10 heteroatoms. The molecule has 1 aromatic heterocycles. The average molecular weight is 481 g/mol. The fourth-order valence-corrected chi connectivity index (χ4v) is 6.64. The highest BCUT2D eigenvalue weighted by atomic mass is 35.5. The maximum atomic E-state index is 13.2. The Hall–Kier alpha value is -1.94. The van der Waals surface area contributed by atoms with Crippen LogP contribution in [0.2, 0.25) is 5.02 Å². The van der Waals surface area contributed by atoms with E-state index >= 15 is 0 Å². The summed E-state index contributed by atoms with van der Waals surface area (Å²) in [6.07, 6.45) is 1.36. The molecule has 0 spiro atoms. The number of carbonyl (C=O) groups is 1. The first-order valence-corrected chi connectivity index (χ1v) is 12.8. The maximum absolute atomic E-state index is 13.2. The van der Waals surface area contributed by atoms with E-state index in [2.05, 4.69) is 16.1 Å². The lowest BCUT2D eigenvalue weighted by molar-refractivity contribution is -0.138. The number of nitrogens with zero attached hydrogens (tertiary/aromatic N) is 4. The number of carbonyl (C=O) groups excluding carboxylic acids is 1. The second-order valence-electron chi connectivity index (χ2n) is 8.59. The van der Waals surface area contributed by atoms with Crippen LogP contribution < -0.4 is 0 Å². The van der Waals surface area contributed by atoms with Crippen LogP contribution >= 0.6 is 11.6 Å². The molecule has 2 aliphatic rings. The molecule has 3 heterocycles. The van der Waals surface area contributed by atoms with Crippen LogP contribution in [0.15, 0.2) is 33.7 Å². The van der Waals surface area contributed by atoms with Gasteiger partial charge in [0, 0.05) is 50.8 Å². The number of rotatable bonds is 5. The molecular weight excluding hydrogens is 452 g/mol. The molecule has 1 unspecified atom stereocenters. The molecule has 2 saturated heterocycles. The summed E-state index contributed by atoms with van der Waals surface area (Å²) in [5, 5.41) is 4.51. The number of hydrogen-bond donors (Lipinski definition) is 0. The third kappa shape index (κ3) is 4.85. The van der Waals surface area contributed by atoms with Gasteiger partial charge in [0.15, 0.2) is 5.76 Å². The van der Waals surface area contributed by atoms with Crippen LogP contribution in [0, 0.1) is 19.8 Å². The summed E-state index contributed by atoms with van der Waals surface area (Å²) in [6.45, 7) is 7.49. The van der Waals surface area contributed by atoms with E-state index in [1.807, 2.05) is 23.1 Å². The van der Waals surface area contributed by atoms with E-state index in [-0.39, 0.29) is 29.0 Å². The molecule has 1 aromatic carbocycles. The summed E-state index contributed by atoms with van der Waals surface area (Å²) < 4.78 is 32.8. The summed E-state index contributed by atoms with van der Waals surface area (Å²) in [5.41, 5.74) is 1.51. The minimum Gasteiger partial charge on any atom is -0.360 e. The molecule has 8 nitrogen and oxygen atoms in total. The zero-order valence-electron chi connectivity index (χ0n) is 18.5. The Bertz CT molecular complexity index is 1060. The first-order chi connectivity index (χ1) is 15.3. The molecular formula is C22H29ClN4O4S. The Balaban J connectivity index is 1.36. The molecule has 0 saturated carbocycles. The van der Waals surface area contributed by atoms with Gasteiger partial charge in [-0.3, -0.25) is 9.69 Å². The van der Waals surface area contributed by atoms with Crippen LogP contribution in [0.4, 0.5) is 0 Å². The molecule has 0 aliphatic carbocycles. The second-order valence-corrected chi connectivity index (χ2v) is 10.9. The Morgan fingerprint density at radius 2 is 1.94 bits per heavy atom. The van der Waals surface area contributed by atoms with Crippen molar-refractivity contribution in [3.05, 3.63) is 46.3 Å². The monoisotopic (exact) mass is 480 g/mol. The summed E-state index contributed by atoms with van der Waals surface area (Å²) in [4.78, 5) is 17.5. The fourth-order valence-electron chi connectivity index (χ4n) is 4.61. The van der Waals surface area contributed by atoms with E-state index in [4.69, 9.17) is 16.1 Å². The van der Waals surface area contributed by atoms with Crippen molar-refractivity contribution in [3.63, 3.8) is 0 Å². The lowest BCUT2D eigenvalue weighted by Crippen LogP contribution is -2.52. The van der Waals surface area contributed by atoms with E-state index < -0.39 is 10.0 Å². The zero-order chi connectivity index (χ0) is 22.9. The number of benzene rings is 1. The number of hydrogen-bond acceptors (Lipinski definition) is 6. The third-order valence-electron chi connectivity index (χ3n) is 6.28. The van der Waals surface area contributed by atoms with Crippen molar-refractivity contribution in [3.8, 4) is 0 Å². The highest BCUT2D eigenvalue weighted by Gasteiger charge is 2.38. The van der Waals surface area contributed by atoms with Gasteiger partial charge in [0.1, 0.15) is 10.6 Å². The largest absolute Gasteiger partial charge is 0.360 e. The topological polar surface area (TPSA) is 87.0 Å². The Morgan fingerprint density at radius 3 is 2.59 bits per heavy atom. The SMILES string of the molecule is Cc1noc(C)c1S(=O)(=O)N1CCCC(C(=O)N2CCN(Cc3cccc(Cl)c3)CC2)C1. The summed E-state index contributed by atoms with van der Waals surface area (Å²) in [6, 6.07) is 7.83. The van der Waals surface area contributed by atoms with Crippen LogP contribution in [-0.4, -0.2) is 72.9 Å². The number of aryl methyl sites for hydroxylation is 2. The minimum atomic E-state index is -3.74. The molecule has 1 atom stereocenters. The lowest BCUT2D eigenvalue weighted by atomic mass is 9.97. The fraction of sp³-hybridized carbons (Fsp3) is 0.545. The van der Waals surface area contributed by atoms with Gasteiger partial charge in [0.25, 0.3) is 0 Å². The van der Waals surface area contributed by atoms with Crippen molar-refractivity contribution in [1.82, 2.24) is 19.3 Å². The average Bonchev–Trinajstić information content (AvgIpc) is 3.12. The Kier molecular flexibility index (Phi) is 6.90. The standard InChI is InChI=1S/C22H29ClN4O4S/c1-16-21(17(2)31-24-16)32(29,30)27-8-4-6-19(15-27)22(28)26-11-9-25(10-12-26)14-18-5-3-7-20(23)13-18/h3,5,7,13,19H,4,6,8-12,14-15H2,1-2H3. The van der Waals surface area contributed by atoms with Gasteiger partial charge < -0.3 is 9.42 Å². The Labute approximate surface area is 194 Å². The van der Waals surface area contributed by atoms with E-state index in [0.29, 0.717) is 38.2 Å². The normalized spacial score (nSPS) is 21.1. The number of halogens is 1. The molecule has 1 amide bonds. The molecule has 32 heavy (non-hydrogen) atoms. The number of sulfonamides is 1. The van der Waals surface area contributed by atoms with Crippen LogP contribution in [0.1, 0.15) is 29.9 Å². The molecule has 174 valence electrons. The predicted octanol–water partition coefficient (Wildman–Crippen LogP) is 2.69. The van der Waals surface area contributed by atoms with Gasteiger partial charge in [-0.05, 0) is 44.4 Å². The van der Waals surface area contributed by atoms with Gasteiger partial charge in [-0.15, -0.1) is 0 Å². The lowest BCUT2D eigenvalue weighted by Gasteiger charge is -2.38. The minimum absolute atomic E-state index is 0.0473. The van der Waals surface area contributed by atoms with Gasteiger partial charge in [-0.25, -0.2) is 8.42 Å². The van der Waals surface area contributed by atoms with E-state index in [0.717, 1.165) is 30.2 Å². The highest BCUT2D eigenvalue weighted by molar-refractivity contribution is 7.89. The van der Waals surface area contributed by atoms with Crippen molar-refractivity contribution in [2.75, 3.05) is 39.3 Å². The molecule has 0 N–H and O–H groups in total. The van der Waals surface area contributed by atoms with Gasteiger partial charge in [-0.1, -0.05) is 28.9 Å². The first-order valence-electron chi connectivity index (χ1n) is 10.9. The first kappa shape index (κ1) is 23.2. The third-order valence-corrected chi connectivity index (χ3v) is 8.62. The zero-order valence-corrected chi connectivity index (χ0v) is 20.0. The van der Waals surface area contributed by atoms with Gasteiger partial charge in [-0.2, -0.15) is 4.31 Å². The number of amides is 1. The smallest absolute Gasteiger partial charge is 0.248 e. The van der Waals surface area contributed by atoms with Gasteiger partial charge in [0.05, 0.1) is 5.92 Å². The van der Waals surface area contributed by atoms with Crippen molar-refractivity contribution in [2.24, 2.45) is 5.92 Å². The molecule has 0 bridgehead atoms. The summed E-state index contributed by atoms with van der Waals surface area (Å²) in [7, 11) is -3.74. The van der Waals surface area contributed by atoms with Crippen LogP contribution in [-0.2, 0) is 21.4 Å². The van der Waals surface area contributed by atoms with Gasteiger partial charge >= 0.3 is 0 Å². The molecule has 2 fully saturated rings. The molecule has 2 aliphatic heterocycles. The Morgan fingerprint density at radius 1 is 1.19 bits per heavy atom. The van der Waals surface area contributed by atoms with E-state index in [1.54, 1.807) is 13.8 Å². The second kappa shape index (κ2) is 9.51. The highest BCUT2D eigenvalue weighted by Crippen LogP contribution is 2.28. The van der Waals surface area contributed by atoms with Crippen LogP contribution in [0.5, 0.6) is 0 Å². The van der Waals surface area contributed by atoms with Crippen LogP contribution in [0.3, 0.4) is 0 Å². The molecule has 0 radical (unpaired) electrons. The number of piperidine rings is 1. The quantitative estimate of drug-likeness (QED) is 0.654. The maximum Gasteiger partial charge on any atom is 0.248 e. The molecule has 2 aromatic rings.